The van der Waals surface area contributed by atoms with Crippen LogP contribution in [0, 0.1) is 12.7 Å². The van der Waals surface area contributed by atoms with Crippen molar-refractivity contribution in [2.24, 2.45) is 0 Å². The van der Waals surface area contributed by atoms with Gasteiger partial charge in [0.25, 0.3) is 11.8 Å². The van der Waals surface area contributed by atoms with E-state index in [-0.39, 0.29) is 23.4 Å². The van der Waals surface area contributed by atoms with E-state index in [0.717, 1.165) is 5.56 Å². The van der Waals surface area contributed by atoms with Crippen molar-refractivity contribution in [3.63, 3.8) is 0 Å². The van der Waals surface area contributed by atoms with Crippen molar-refractivity contribution in [1.29, 1.82) is 0 Å². The molecular formula is C28H26FN3O4. The van der Waals surface area contributed by atoms with E-state index in [4.69, 9.17) is 9.15 Å². The lowest BCUT2D eigenvalue weighted by Gasteiger charge is -2.34. The molecule has 184 valence electrons. The number of piperazine rings is 1. The Hall–Kier alpha value is -4.33. The minimum absolute atomic E-state index is 0.156. The van der Waals surface area contributed by atoms with Crippen LogP contribution in [0.25, 0.3) is 16.9 Å². The number of benzene rings is 2. The zero-order valence-corrected chi connectivity index (χ0v) is 20.1. The number of ether oxygens (including phenoxy) is 1. The third-order valence-electron chi connectivity index (χ3n) is 6.52. The lowest BCUT2D eigenvalue weighted by Crippen LogP contribution is -2.50. The molecule has 1 aliphatic heterocycles. The molecule has 2 aromatic carbocycles. The van der Waals surface area contributed by atoms with Gasteiger partial charge in [-0.15, -0.1) is 0 Å². The van der Waals surface area contributed by atoms with Gasteiger partial charge < -0.3 is 23.5 Å². The average molecular weight is 488 g/mol. The van der Waals surface area contributed by atoms with Crippen molar-refractivity contribution in [3.05, 3.63) is 95.8 Å². The van der Waals surface area contributed by atoms with E-state index in [1.807, 2.05) is 31.2 Å². The first-order valence-corrected chi connectivity index (χ1v) is 11.7. The minimum atomic E-state index is -0.385. The van der Waals surface area contributed by atoms with E-state index in [1.54, 1.807) is 57.9 Å². The molecule has 1 saturated heterocycles. The van der Waals surface area contributed by atoms with Crippen LogP contribution < -0.4 is 4.74 Å². The fraction of sp³-hybridized carbons (Fsp3) is 0.214. The first-order valence-electron chi connectivity index (χ1n) is 11.7. The first kappa shape index (κ1) is 23.4. The summed E-state index contributed by atoms with van der Waals surface area (Å²) in [5.74, 6) is 0.225. The predicted octanol–water partition coefficient (Wildman–Crippen LogP) is 4.79. The van der Waals surface area contributed by atoms with Crippen LogP contribution in [0.4, 0.5) is 4.39 Å². The van der Waals surface area contributed by atoms with Gasteiger partial charge in [-0.05, 0) is 49.4 Å². The molecule has 0 spiro atoms. The van der Waals surface area contributed by atoms with Crippen LogP contribution in [-0.2, 0) is 0 Å². The van der Waals surface area contributed by atoms with Gasteiger partial charge in [-0.3, -0.25) is 9.59 Å². The summed E-state index contributed by atoms with van der Waals surface area (Å²) in [5, 5.41) is 0. The Kier molecular flexibility index (Phi) is 6.33. The Morgan fingerprint density at radius 1 is 0.889 bits per heavy atom. The van der Waals surface area contributed by atoms with Crippen molar-refractivity contribution in [3.8, 4) is 22.7 Å². The molecular weight excluding hydrogens is 461 g/mol. The van der Waals surface area contributed by atoms with Crippen LogP contribution in [0.5, 0.6) is 5.75 Å². The molecule has 1 aliphatic rings. The van der Waals surface area contributed by atoms with Crippen molar-refractivity contribution < 1.29 is 23.1 Å². The molecule has 1 fully saturated rings. The standard InChI is InChI=1S/C28H26FN3O4/c1-19-22(27(33)30-12-14-31(15-13-30)28(34)26-11-6-16-36-26)18-25(20-7-5-8-21(17-20)35-2)32(19)24-10-4-3-9-23(24)29/h3-11,16-18H,12-15H2,1-2H3. The number of carbonyl (C=O) groups is 2. The number of hydrogen-bond donors (Lipinski definition) is 0. The highest BCUT2D eigenvalue weighted by Crippen LogP contribution is 2.33. The number of carbonyl (C=O) groups excluding carboxylic acids is 2. The third kappa shape index (κ3) is 4.26. The van der Waals surface area contributed by atoms with Crippen LogP contribution in [0.2, 0.25) is 0 Å². The molecule has 0 aliphatic carbocycles. The quantitative estimate of drug-likeness (QED) is 0.406. The molecule has 0 atom stereocenters. The van der Waals surface area contributed by atoms with Gasteiger partial charge in [0.1, 0.15) is 11.6 Å². The Bertz CT molecular complexity index is 1400. The zero-order valence-electron chi connectivity index (χ0n) is 20.1. The molecule has 5 rings (SSSR count). The predicted molar refractivity (Wildman–Crippen MR) is 133 cm³/mol. The van der Waals surface area contributed by atoms with Crippen LogP contribution >= 0.6 is 0 Å². The highest BCUT2D eigenvalue weighted by Gasteiger charge is 2.29. The summed E-state index contributed by atoms with van der Waals surface area (Å²) in [6.45, 7) is 3.41. The van der Waals surface area contributed by atoms with E-state index in [1.165, 1.54) is 12.3 Å². The van der Waals surface area contributed by atoms with E-state index < -0.39 is 0 Å². The van der Waals surface area contributed by atoms with Crippen molar-refractivity contribution >= 4 is 11.8 Å². The van der Waals surface area contributed by atoms with Crippen LogP contribution in [0.1, 0.15) is 26.6 Å². The highest BCUT2D eigenvalue weighted by molar-refractivity contribution is 5.98. The summed E-state index contributed by atoms with van der Waals surface area (Å²) in [4.78, 5) is 29.6. The van der Waals surface area contributed by atoms with Crippen LogP contribution in [-0.4, -0.2) is 59.5 Å². The summed E-state index contributed by atoms with van der Waals surface area (Å²) in [6.07, 6.45) is 1.47. The zero-order chi connectivity index (χ0) is 25.2. The van der Waals surface area contributed by atoms with Gasteiger partial charge in [-0.25, -0.2) is 4.39 Å². The molecule has 2 amide bonds. The van der Waals surface area contributed by atoms with E-state index >= 15 is 0 Å². The van der Waals surface area contributed by atoms with Gasteiger partial charge in [0.15, 0.2) is 5.76 Å². The number of amides is 2. The second-order valence-electron chi connectivity index (χ2n) is 8.61. The lowest BCUT2D eigenvalue weighted by molar-refractivity contribution is 0.0517. The molecule has 4 aromatic rings. The second-order valence-corrected chi connectivity index (χ2v) is 8.61. The molecule has 2 aromatic heterocycles. The van der Waals surface area contributed by atoms with Gasteiger partial charge in [0.2, 0.25) is 0 Å². The molecule has 0 N–H and O–H groups in total. The highest BCUT2D eigenvalue weighted by atomic mass is 19.1. The molecule has 7 nitrogen and oxygen atoms in total. The number of furan rings is 1. The minimum Gasteiger partial charge on any atom is -0.497 e. The van der Waals surface area contributed by atoms with Gasteiger partial charge in [-0.2, -0.15) is 0 Å². The Morgan fingerprint density at radius 3 is 2.28 bits per heavy atom. The van der Waals surface area contributed by atoms with Crippen molar-refractivity contribution in [1.82, 2.24) is 14.4 Å². The van der Waals surface area contributed by atoms with Gasteiger partial charge >= 0.3 is 0 Å². The van der Waals surface area contributed by atoms with E-state index in [0.29, 0.717) is 54.6 Å². The molecule has 3 heterocycles. The van der Waals surface area contributed by atoms with Gasteiger partial charge in [0, 0.05) is 37.4 Å². The molecule has 0 bridgehead atoms. The summed E-state index contributed by atoms with van der Waals surface area (Å²) >= 11 is 0. The maximum absolute atomic E-state index is 14.9. The fourth-order valence-corrected chi connectivity index (χ4v) is 4.60. The SMILES string of the molecule is COc1cccc(-c2cc(C(=O)N3CCN(C(=O)c4ccco4)CC3)c(C)n2-c2ccccc2F)c1. The fourth-order valence-electron chi connectivity index (χ4n) is 4.60. The van der Waals surface area contributed by atoms with Crippen molar-refractivity contribution in [2.75, 3.05) is 33.3 Å². The number of halogens is 1. The third-order valence-corrected chi connectivity index (χ3v) is 6.52. The molecule has 0 saturated carbocycles. The van der Waals surface area contributed by atoms with Gasteiger partial charge in [0.05, 0.1) is 30.3 Å². The smallest absolute Gasteiger partial charge is 0.289 e. The lowest BCUT2D eigenvalue weighted by atomic mass is 10.1. The summed E-state index contributed by atoms with van der Waals surface area (Å²) in [5.41, 5.74) is 2.97. The largest absolute Gasteiger partial charge is 0.497 e. The number of aromatic nitrogens is 1. The Labute approximate surface area is 208 Å². The molecule has 0 unspecified atom stereocenters. The first-order chi connectivity index (χ1) is 17.5. The summed E-state index contributed by atoms with van der Waals surface area (Å²) in [7, 11) is 1.59. The van der Waals surface area contributed by atoms with Crippen molar-refractivity contribution in [2.45, 2.75) is 6.92 Å². The monoisotopic (exact) mass is 487 g/mol. The topological polar surface area (TPSA) is 67.9 Å². The molecule has 0 radical (unpaired) electrons. The Morgan fingerprint density at radius 2 is 1.61 bits per heavy atom. The molecule has 8 heteroatoms. The number of para-hydroxylation sites is 1. The maximum atomic E-state index is 14.9. The van der Waals surface area contributed by atoms with Gasteiger partial charge in [-0.1, -0.05) is 24.3 Å². The van der Waals surface area contributed by atoms with E-state index in [9.17, 15) is 14.0 Å². The number of methoxy groups -OCH3 is 1. The van der Waals surface area contributed by atoms with Crippen LogP contribution in [0.15, 0.2) is 77.4 Å². The summed E-state index contributed by atoms with van der Waals surface area (Å²) in [6, 6.07) is 19.1. The number of hydrogen-bond acceptors (Lipinski definition) is 4. The molecule has 36 heavy (non-hydrogen) atoms. The van der Waals surface area contributed by atoms with Crippen LogP contribution in [0.3, 0.4) is 0 Å². The number of rotatable bonds is 5. The normalized spacial score (nSPS) is 13.6. The average Bonchev–Trinajstić information content (AvgIpc) is 3.57. The maximum Gasteiger partial charge on any atom is 0.289 e. The van der Waals surface area contributed by atoms with E-state index in [2.05, 4.69) is 0 Å². The summed E-state index contributed by atoms with van der Waals surface area (Å²) < 4.78 is 27.3. The Balaban J connectivity index is 1.47. The number of nitrogens with zero attached hydrogens (tertiary/aromatic N) is 3. The second kappa shape index (κ2) is 9.73.